The lowest BCUT2D eigenvalue weighted by atomic mass is 10.2. The fourth-order valence-corrected chi connectivity index (χ4v) is 4.86. The lowest BCUT2D eigenvalue weighted by Gasteiger charge is -2.31. The maximum Gasteiger partial charge on any atom is 0.254 e. The topological polar surface area (TPSA) is 160 Å². The van der Waals surface area contributed by atoms with E-state index in [-0.39, 0.29) is 52.8 Å². The van der Waals surface area contributed by atoms with Crippen molar-refractivity contribution in [2.24, 2.45) is 0 Å². The molecule has 2 aliphatic rings. The van der Waals surface area contributed by atoms with E-state index in [0.717, 1.165) is 12.6 Å². The summed E-state index contributed by atoms with van der Waals surface area (Å²) in [5.74, 6) is -2.07. The number of nitrogens with zero attached hydrogens (tertiary/aromatic N) is 1. The normalized spacial score (nSPS) is 18.8. The minimum atomic E-state index is -3.38. The van der Waals surface area contributed by atoms with Gasteiger partial charge in [0.1, 0.15) is 23.8 Å². The number of ether oxygens (including phenoxy) is 2. The third kappa shape index (κ3) is 13.6. The van der Waals surface area contributed by atoms with Crippen molar-refractivity contribution in [3.05, 3.63) is 58.1 Å². The van der Waals surface area contributed by atoms with Crippen LogP contribution in [0.2, 0.25) is 10.0 Å². The number of carbonyl (C=O) groups excluding carboxylic acids is 2. The van der Waals surface area contributed by atoms with E-state index in [4.69, 9.17) is 32.7 Å². The highest BCUT2D eigenvalue weighted by Crippen LogP contribution is 2.20. The summed E-state index contributed by atoms with van der Waals surface area (Å²) in [6.07, 6.45) is -1.48. The molecule has 2 aromatic rings. The number of anilines is 2. The summed E-state index contributed by atoms with van der Waals surface area (Å²) < 4.78 is 81.5. The lowest BCUT2D eigenvalue weighted by Crippen LogP contribution is -2.50. The zero-order valence-electron chi connectivity index (χ0n) is 24.2. The number of amides is 2. The fourth-order valence-electron chi connectivity index (χ4n) is 3.55. The van der Waals surface area contributed by atoms with Crippen molar-refractivity contribution < 1.29 is 44.7 Å². The summed E-state index contributed by atoms with van der Waals surface area (Å²) in [7, 11) is -1.88. The van der Waals surface area contributed by atoms with Crippen LogP contribution < -0.4 is 16.0 Å². The van der Waals surface area contributed by atoms with Crippen LogP contribution in [0, 0.1) is 11.6 Å². The monoisotopic (exact) mass is 736 g/mol. The molecule has 45 heavy (non-hydrogen) atoms. The molecular formula is C26H33Cl3F2N4O8S2. The number of nitrogens with one attached hydrogen (secondary N) is 3. The Balaban J connectivity index is 0.000000272. The molecule has 3 N–H and O–H groups in total. The van der Waals surface area contributed by atoms with Gasteiger partial charge in [0, 0.05) is 48.2 Å². The average Bonchev–Trinajstić information content (AvgIpc) is 3.01. The summed E-state index contributed by atoms with van der Waals surface area (Å²) in [5.41, 5.74) is 0.594. The molecule has 2 aromatic carbocycles. The molecule has 2 saturated heterocycles. The standard InChI is InChI=1S/C13H16ClFN2O4S.C11H12ClFN2O2.C2H5ClO2S/c1-2-22(19,20)17-5-6-21-12(8-17)13(18)16-9-3-4-10(14)11(15)7-9;12-8-2-1-7(5-9(8)13)15-11(16)10-6-14-3-4-17-10;1-2-6(3,4)5/h3-4,7,12H,2,5-6,8H2,1H3,(H,16,18);1-2,5,10,14H,3-4,6H2,(H,15,16);2H2,1H3. The fraction of sp³-hybridized carbons (Fsp3) is 0.462. The Kier molecular flexibility index (Phi) is 15.8. The van der Waals surface area contributed by atoms with E-state index in [1.54, 1.807) is 6.07 Å². The molecule has 0 spiro atoms. The third-order valence-corrected chi connectivity index (χ3v) is 9.82. The van der Waals surface area contributed by atoms with Gasteiger partial charge in [-0.25, -0.2) is 25.6 Å². The van der Waals surface area contributed by atoms with Gasteiger partial charge in [-0.2, -0.15) is 4.31 Å². The number of morpholine rings is 2. The first kappa shape index (κ1) is 39.0. The Morgan fingerprint density at radius 2 is 1.38 bits per heavy atom. The highest BCUT2D eigenvalue weighted by atomic mass is 35.7. The zero-order valence-corrected chi connectivity index (χ0v) is 28.1. The first-order chi connectivity index (χ1) is 21.1. The van der Waals surface area contributed by atoms with Gasteiger partial charge in [-0.1, -0.05) is 30.1 Å². The molecule has 0 aliphatic carbocycles. The summed E-state index contributed by atoms with van der Waals surface area (Å²) >= 11 is 11.1. The molecule has 0 saturated carbocycles. The second kappa shape index (κ2) is 18.3. The predicted octanol–water partition coefficient (Wildman–Crippen LogP) is 3.45. The van der Waals surface area contributed by atoms with Gasteiger partial charge in [-0.3, -0.25) is 9.59 Å². The second-order valence-corrected chi connectivity index (χ2v) is 15.4. The van der Waals surface area contributed by atoms with Crippen LogP contribution >= 0.6 is 33.9 Å². The molecule has 4 rings (SSSR count). The van der Waals surface area contributed by atoms with Gasteiger partial charge >= 0.3 is 0 Å². The molecule has 2 atom stereocenters. The Labute approximate surface area is 275 Å². The second-order valence-electron chi connectivity index (χ2n) is 9.25. The van der Waals surface area contributed by atoms with Crippen molar-refractivity contribution in [3.8, 4) is 0 Å². The Morgan fingerprint density at radius 1 is 0.889 bits per heavy atom. The van der Waals surface area contributed by atoms with Crippen LogP contribution in [0.5, 0.6) is 0 Å². The molecule has 12 nitrogen and oxygen atoms in total. The third-order valence-electron chi connectivity index (χ3n) is 6.02. The van der Waals surface area contributed by atoms with E-state index in [0.29, 0.717) is 18.8 Å². The molecule has 0 aromatic heterocycles. The predicted molar refractivity (Wildman–Crippen MR) is 169 cm³/mol. The largest absolute Gasteiger partial charge is 0.366 e. The van der Waals surface area contributed by atoms with Crippen LogP contribution in [-0.4, -0.2) is 96.1 Å². The smallest absolute Gasteiger partial charge is 0.254 e. The molecular weight excluding hydrogens is 705 g/mol. The number of halogens is 5. The van der Waals surface area contributed by atoms with Gasteiger partial charge in [0.2, 0.25) is 19.1 Å². The van der Waals surface area contributed by atoms with Gasteiger partial charge in [0.25, 0.3) is 11.8 Å². The number of benzene rings is 2. The minimum Gasteiger partial charge on any atom is -0.366 e. The van der Waals surface area contributed by atoms with Gasteiger partial charge in [-0.15, -0.1) is 0 Å². The lowest BCUT2D eigenvalue weighted by molar-refractivity contribution is -0.131. The molecule has 2 heterocycles. The molecule has 2 unspecified atom stereocenters. The number of rotatable bonds is 7. The van der Waals surface area contributed by atoms with Crippen LogP contribution in [-0.2, 0) is 38.1 Å². The van der Waals surface area contributed by atoms with Gasteiger partial charge in [0.15, 0.2) is 0 Å². The van der Waals surface area contributed by atoms with Crippen molar-refractivity contribution in [1.82, 2.24) is 9.62 Å². The molecule has 2 amide bonds. The number of sulfonamides is 1. The van der Waals surface area contributed by atoms with Crippen LogP contribution in [0.15, 0.2) is 36.4 Å². The summed E-state index contributed by atoms with van der Waals surface area (Å²) in [5, 5.41) is 8.08. The Hall–Kier alpha value is -2.15. The maximum absolute atomic E-state index is 13.3. The van der Waals surface area contributed by atoms with Crippen molar-refractivity contribution in [3.63, 3.8) is 0 Å². The van der Waals surface area contributed by atoms with Crippen molar-refractivity contribution in [2.45, 2.75) is 26.1 Å². The Morgan fingerprint density at radius 3 is 1.80 bits per heavy atom. The molecule has 19 heteroatoms. The summed E-state index contributed by atoms with van der Waals surface area (Å²) in [6, 6.07) is 7.97. The average molecular weight is 738 g/mol. The molecule has 252 valence electrons. The number of hydrogen-bond acceptors (Lipinski definition) is 9. The highest BCUT2D eigenvalue weighted by Gasteiger charge is 2.32. The van der Waals surface area contributed by atoms with Crippen LogP contribution in [0.4, 0.5) is 20.2 Å². The van der Waals surface area contributed by atoms with Crippen LogP contribution in [0.25, 0.3) is 0 Å². The summed E-state index contributed by atoms with van der Waals surface area (Å²) in [4.78, 5) is 23.8. The van der Waals surface area contributed by atoms with Gasteiger partial charge in [-0.05, 0) is 43.3 Å². The van der Waals surface area contributed by atoms with E-state index >= 15 is 0 Å². The van der Waals surface area contributed by atoms with E-state index in [9.17, 15) is 35.2 Å². The van der Waals surface area contributed by atoms with Crippen molar-refractivity contribution >= 4 is 76.1 Å². The number of hydrogen-bond donors (Lipinski definition) is 3. The summed E-state index contributed by atoms with van der Waals surface area (Å²) in [6.45, 7) is 5.01. The van der Waals surface area contributed by atoms with E-state index in [1.165, 1.54) is 42.4 Å². The van der Waals surface area contributed by atoms with Gasteiger partial charge < -0.3 is 25.4 Å². The van der Waals surface area contributed by atoms with Crippen LogP contribution in [0.3, 0.4) is 0 Å². The first-order valence-corrected chi connectivity index (χ1v) is 18.3. The quantitative estimate of drug-likeness (QED) is 0.362. The van der Waals surface area contributed by atoms with E-state index < -0.39 is 48.8 Å². The molecule has 2 aliphatic heterocycles. The van der Waals surface area contributed by atoms with Crippen molar-refractivity contribution in [1.29, 1.82) is 0 Å². The van der Waals surface area contributed by atoms with E-state index in [1.807, 2.05) is 0 Å². The van der Waals surface area contributed by atoms with Gasteiger partial charge in [0.05, 0.1) is 34.8 Å². The SMILES string of the molecule is CCS(=O)(=O)Cl.CCS(=O)(=O)N1CCOC(C(=O)Nc2ccc(Cl)c(F)c2)C1.O=C(Nc1ccc(Cl)c(F)c1)C1CNCCO1. The Bertz CT molecular complexity index is 1530. The van der Waals surface area contributed by atoms with E-state index in [2.05, 4.69) is 26.6 Å². The molecule has 0 radical (unpaired) electrons. The minimum absolute atomic E-state index is 0.00849. The number of carbonyl (C=O) groups is 2. The van der Waals surface area contributed by atoms with Crippen LogP contribution in [0.1, 0.15) is 13.8 Å². The van der Waals surface area contributed by atoms with Crippen molar-refractivity contribution in [2.75, 3.05) is 61.5 Å². The maximum atomic E-state index is 13.3. The molecule has 0 bridgehead atoms. The highest BCUT2D eigenvalue weighted by molar-refractivity contribution is 8.13. The first-order valence-electron chi connectivity index (χ1n) is 13.4. The zero-order chi connectivity index (χ0) is 33.8. The molecule has 2 fully saturated rings.